The molecule has 2 N–H and O–H groups in total. The van der Waals surface area contributed by atoms with Gasteiger partial charge < -0.3 is 10.6 Å². The normalized spacial score (nSPS) is 14.0. The number of benzene rings is 2. The van der Waals surface area contributed by atoms with Crippen LogP contribution >= 0.6 is 0 Å². The van der Waals surface area contributed by atoms with E-state index in [0.717, 1.165) is 17.3 Å². The van der Waals surface area contributed by atoms with Crippen molar-refractivity contribution in [1.82, 2.24) is 10.6 Å². The van der Waals surface area contributed by atoms with Crippen molar-refractivity contribution in [3.63, 3.8) is 0 Å². The zero-order valence-corrected chi connectivity index (χ0v) is 16.0. The molecule has 2 rings (SSSR count). The Morgan fingerprint density at radius 2 is 1.80 bits per heavy atom. The van der Waals surface area contributed by atoms with E-state index in [1.807, 2.05) is 30.3 Å². The summed E-state index contributed by atoms with van der Waals surface area (Å²) in [4.78, 5) is 5.11. The van der Waals surface area contributed by atoms with Gasteiger partial charge in [0.05, 0.1) is 16.8 Å². The highest BCUT2D eigenvalue weighted by molar-refractivity contribution is 7.85. The molecule has 134 valence electrons. The first-order valence-corrected chi connectivity index (χ1v) is 9.95. The molecule has 0 spiro atoms. The van der Waals surface area contributed by atoms with Crippen molar-refractivity contribution in [2.75, 3.05) is 19.3 Å². The summed E-state index contributed by atoms with van der Waals surface area (Å²) >= 11 is 0. The van der Waals surface area contributed by atoms with E-state index in [-0.39, 0.29) is 6.04 Å². The lowest BCUT2D eigenvalue weighted by atomic mass is 10.1. The highest BCUT2D eigenvalue weighted by atomic mass is 32.2. The van der Waals surface area contributed by atoms with Gasteiger partial charge in [-0.1, -0.05) is 49.4 Å². The molecule has 0 aliphatic heterocycles. The van der Waals surface area contributed by atoms with Gasteiger partial charge >= 0.3 is 0 Å². The van der Waals surface area contributed by atoms with Crippen molar-refractivity contribution in [2.45, 2.75) is 31.2 Å². The number of rotatable bonds is 7. The Hall–Kier alpha value is -2.14. The Kier molecular flexibility index (Phi) is 7.67. The molecule has 0 heterocycles. The lowest BCUT2D eigenvalue weighted by Crippen LogP contribution is -2.40. The SMILES string of the molecule is CCc1ccc(C(C)NC(=NC)NCCS(=O)c2ccccc2)cc1. The predicted octanol–water partition coefficient (Wildman–Crippen LogP) is 3.28. The molecule has 0 saturated heterocycles. The molecule has 5 heteroatoms. The summed E-state index contributed by atoms with van der Waals surface area (Å²) in [7, 11) is 0.747. The highest BCUT2D eigenvalue weighted by Crippen LogP contribution is 2.13. The topological polar surface area (TPSA) is 53.5 Å². The Labute approximate surface area is 153 Å². The second-order valence-electron chi connectivity index (χ2n) is 5.82. The van der Waals surface area contributed by atoms with E-state index in [1.165, 1.54) is 11.1 Å². The zero-order chi connectivity index (χ0) is 18.1. The minimum absolute atomic E-state index is 0.150. The fourth-order valence-corrected chi connectivity index (χ4v) is 3.46. The summed E-state index contributed by atoms with van der Waals surface area (Å²) in [5, 5.41) is 6.61. The number of hydrogen-bond acceptors (Lipinski definition) is 2. The van der Waals surface area contributed by atoms with Crippen LogP contribution in [0, 0.1) is 0 Å². The van der Waals surface area contributed by atoms with E-state index in [0.29, 0.717) is 12.3 Å². The van der Waals surface area contributed by atoms with E-state index >= 15 is 0 Å². The molecule has 2 unspecified atom stereocenters. The van der Waals surface area contributed by atoms with E-state index in [2.05, 4.69) is 53.7 Å². The molecule has 4 nitrogen and oxygen atoms in total. The Bertz CT molecular complexity index is 699. The zero-order valence-electron chi connectivity index (χ0n) is 15.2. The number of aryl methyl sites for hydroxylation is 1. The van der Waals surface area contributed by atoms with Gasteiger partial charge in [0.15, 0.2) is 5.96 Å². The minimum Gasteiger partial charge on any atom is -0.355 e. The quantitative estimate of drug-likeness (QED) is 0.591. The fraction of sp³-hybridized carbons (Fsp3) is 0.350. The maximum atomic E-state index is 12.2. The van der Waals surface area contributed by atoms with Crippen molar-refractivity contribution >= 4 is 16.8 Å². The molecule has 0 aromatic heterocycles. The van der Waals surface area contributed by atoms with E-state index in [1.54, 1.807) is 7.05 Å². The third kappa shape index (κ3) is 6.02. The molecule has 2 atom stereocenters. The second-order valence-corrected chi connectivity index (χ2v) is 7.39. The molecule has 0 aliphatic rings. The summed E-state index contributed by atoms with van der Waals surface area (Å²) in [5.74, 6) is 1.27. The second kappa shape index (κ2) is 9.99. The molecular formula is C20H27N3OS. The first-order valence-electron chi connectivity index (χ1n) is 8.63. The van der Waals surface area contributed by atoms with Crippen molar-refractivity contribution in [3.8, 4) is 0 Å². The van der Waals surface area contributed by atoms with Gasteiger partial charge in [0.2, 0.25) is 0 Å². The molecular weight excluding hydrogens is 330 g/mol. The standard InChI is InChI=1S/C20H27N3OS/c1-4-17-10-12-18(13-11-17)16(2)23-20(21-3)22-14-15-25(24)19-8-6-5-7-9-19/h5-13,16H,4,14-15H2,1-3H3,(H2,21,22,23). The predicted molar refractivity (Wildman–Crippen MR) is 106 cm³/mol. The fourth-order valence-electron chi connectivity index (χ4n) is 2.48. The van der Waals surface area contributed by atoms with Crippen molar-refractivity contribution in [3.05, 3.63) is 65.7 Å². The van der Waals surface area contributed by atoms with Gasteiger partial charge in [0, 0.05) is 24.2 Å². The number of nitrogens with zero attached hydrogens (tertiary/aromatic N) is 1. The summed E-state index contributed by atoms with van der Waals surface area (Å²) in [5.41, 5.74) is 2.55. The molecule has 25 heavy (non-hydrogen) atoms. The van der Waals surface area contributed by atoms with Gasteiger partial charge in [-0.25, -0.2) is 0 Å². The van der Waals surface area contributed by atoms with Gasteiger partial charge in [-0.15, -0.1) is 0 Å². The van der Waals surface area contributed by atoms with E-state index in [4.69, 9.17) is 0 Å². The van der Waals surface area contributed by atoms with Crippen LogP contribution < -0.4 is 10.6 Å². The maximum absolute atomic E-state index is 12.2. The van der Waals surface area contributed by atoms with Crippen LogP contribution in [0.2, 0.25) is 0 Å². The molecule has 0 bridgehead atoms. The third-order valence-electron chi connectivity index (χ3n) is 4.05. The highest BCUT2D eigenvalue weighted by Gasteiger charge is 2.08. The monoisotopic (exact) mass is 357 g/mol. The molecule has 0 radical (unpaired) electrons. The largest absolute Gasteiger partial charge is 0.355 e. The molecule has 0 aliphatic carbocycles. The van der Waals surface area contributed by atoms with Crippen LogP contribution in [0.15, 0.2) is 64.5 Å². The number of hydrogen-bond donors (Lipinski definition) is 2. The molecule has 0 saturated carbocycles. The van der Waals surface area contributed by atoms with Crippen LogP contribution in [0.3, 0.4) is 0 Å². The molecule has 2 aromatic carbocycles. The third-order valence-corrected chi connectivity index (χ3v) is 5.42. The Morgan fingerprint density at radius 3 is 2.40 bits per heavy atom. The van der Waals surface area contributed by atoms with Crippen molar-refractivity contribution < 1.29 is 4.21 Å². The van der Waals surface area contributed by atoms with Crippen molar-refractivity contribution in [2.24, 2.45) is 4.99 Å². The average molecular weight is 358 g/mol. The lowest BCUT2D eigenvalue weighted by molar-refractivity contribution is 0.676. The molecule has 0 amide bonds. The van der Waals surface area contributed by atoms with Crippen LogP contribution in [0.1, 0.15) is 31.0 Å². The van der Waals surface area contributed by atoms with Crippen LogP contribution in [-0.2, 0) is 17.2 Å². The summed E-state index contributed by atoms with van der Waals surface area (Å²) in [6, 6.07) is 18.3. The molecule has 2 aromatic rings. The Balaban J connectivity index is 1.82. The number of guanidine groups is 1. The average Bonchev–Trinajstić information content (AvgIpc) is 2.67. The minimum atomic E-state index is -1.000. The van der Waals surface area contributed by atoms with E-state index < -0.39 is 10.8 Å². The van der Waals surface area contributed by atoms with Crippen LogP contribution in [0.25, 0.3) is 0 Å². The number of aliphatic imine (C=N–C) groups is 1. The summed E-state index contributed by atoms with van der Waals surface area (Å²) in [6.07, 6.45) is 1.05. The first kappa shape index (κ1) is 19.2. The smallest absolute Gasteiger partial charge is 0.191 e. The van der Waals surface area contributed by atoms with Crippen molar-refractivity contribution in [1.29, 1.82) is 0 Å². The number of nitrogens with one attached hydrogen (secondary N) is 2. The van der Waals surface area contributed by atoms with Crippen LogP contribution in [-0.4, -0.2) is 29.5 Å². The van der Waals surface area contributed by atoms with Gasteiger partial charge in [-0.2, -0.15) is 0 Å². The van der Waals surface area contributed by atoms with Crippen LogP contribution in [0.5, 0.6) is 0 Å². The lowest BCUT2D eigenvalue weighted by Gasteiger charge is -2.18. The van der Waals surface area contributed by atoms with Gasteiger partial charge in [-0.05, 0) is 36.6 Å². The first-order chi connectivity index (χ1) is 12.1. The Morgan fingerprint density at radius 1 is 1.12 bits per heavy atom. The van der Waals surface area contributed by atoms with E-state index in [9.17, 15) is 4.21 Å². The maximum Gasteiger partial charge on any atom is 0.191 e. The molecule has 0 fully saturated rings. The van der Waals surface area contributed by atoms with Crippen LogP contribution in [0.4, 0.5) is 0 Å². The summed E-state index contributed by atoms with van der Waals surface area (Å²) in [6.45, 7) is 4.86. The van der Waals surface area contributed by atoms with Gasteiger partial charge in [0.1, 0.15) is 0 Å². The van der Waals surface area contributed by atoms with Gasteiger partial charge in [0.25, 0.3) is 0 Å². The van der Waals surface area contributed by atoms with Gasteiger partial charge in [-0.3, -0.25) is 9.20 Å². The summed E-state index contributed by atoms with van der Waals surface area (Å²) < 4.78 is 12.2.